The molecule has 1 aromatic carbocycles. The van der Waals surface area contributed by atoms with Crippen molar-refractivity contribution in [2.45, 2.75) is 13.0 Å². The molecule has 1 unspecified atom stereocenters. The molecule has 1 heterocycles. The predicted molar refractivity (Wildman–Crippen MR) is 74.3 cm³/mol. The number of nitrogens with zero attached hydrogens (tertiary/aromatic N) is 2. The molecule has 0 radical (unpaired) electrons. The zero-order valence-electron chi connectivity index (χ0n) is 11.3. The highest BCUT2D eigenvalue weighted by Crippen LogP contribution is 2.24. The Labute approximate surface area is 109 Å². The molecule has 0 saturated carbocycles. The second-order valence-corrected chi connectivity index (χ2v) is 4.57. The van der Waals surface area contributed by atoms with Gasteiger partial charge in [0.2, 0.25) is 0 Å². The number of likely N-dealkylation sites (N-methyl/N-ethyl adjacent to an activating group) is 1. The third-order valence-corrected chi connectivity index (χ3v) is 2.96. The first-order chi connectivity index (χ1) is 8.72. The molecule has 0 amide bonds. The molecule has 0 fully saturated rings. The SMILES string of the molecule is CCOc1cccc(C(C2=NCCN2)N(C)C)c1. The molecule has 1 aliphatic rings. The van der Waals surface area contributed by atoms with E-state index in [2.05, 4.69) is 41.4 Å². The Kier molecular flexibility index (Phi) is 4.20. The van der Waals surface area contributed by atoms with Crippen molar-refractivity contribution >= 4 is 5.84 Å². The van der Waals surface area contributed by atoms with E-state index in [-0.39, 0.29) is 6.04 Å². The van der Waals surface area contributed by atoms with Crippen LogP contribution in [0.4, 0.5) is 0 Å². The quantitative estimate of drug-likeness (QED) is 0.860. The number of benzene rings is 1. The van der Waals surface area contributed by atoms with Crippen LogP contribution in [0.3, 0.4) is 0 Å². The fourth-order valence-corrected chi connectivity index (χ4v) is 2.24. The summed E-state index contributed by atoms with van der Waals surface area (Å²) in [5.74, 6) is 1.97. The highest BCUT2D eigenvalue weighted by molar-refractivity contribution is 5.89. The van der Waals surface area contributed by atoms with Crippen LogP contribution in [0.1, 0.15) is 18.5 Å². The monoisotopic (exact) mass is 247 g/mol. The summed E-state index contributed by atoms with van der Waals surface area (Å²) in [6, 6.07) is 8.41. The maximum absolute atomic E-state index is 5.56. The van der Waals surface area contributed by atoms with E-state index < -0.39 is 0 Å². The highest BCUT2D eigenvalue weighted by Gasteiger charge is 2.22. The van der Waals surface area contributed by atoms with Gasteiger partial charge < -0.3 is 10.1 Å². The summed E-state index contributed by atoms with van der Waals surface area (Å²) in [6.45, 7) is 4.49. The summed E-state index contributed by atoms with van der Waals surface area (Å²) < 4.78 is 5.56. The first kappa shape index (κ1) is 12.9. The largest absolute Gasteiger partial charge is 0.494 e. The number of aliphatic imine (C=N–C) groups is 1. The minimum Gasteiger partial charge on any atom is -0.494 e. The van der Waals surface area contributed by atoms with Gasteiger partial charge in [0.1, 0.15) is 11.6 Å². The fourth-order valence-electron chi connectivity index (χ4n) is 2.24. The maximum Gasteiger partial charge on any atom is 0.119 e. The molecule has 2 rings (SSSR count). The lowest BCUT2D eigenvalue weighted by molar-refractivity contribution is 0.336. The fraction of sp³-hybridized carbons (Fsp3) is 0.500. The van der Waals surface area contributed by atoms with E-state index in [1.54, 1.807) is 0 Å². The van der Waals surface area contributed by atoms with E-state index in [9.17, 15) is 0 Å². The van der Waals surface area contributed by atoms with Crippen LogP contribution in [0.2, 0.25) is 0 Å². The number of rotatable bonds is 5. The standard InChI is InChI=1S/C14H21N3O/c1-4-18-12-7-5-6-11(10-12)13(17(2)3)14-15-8-9-16-14/h5-7,10,13H,4,8-9H2,1-3H3,(H,15,16). The van der Waals surface area contributed by atoms with Crippen molar-refractivity contribution in [3.05, 3.63) is 29.8 Å². The van der Waals surface area contributed by atoms with Crippen LogP contribution in [0.25, 0.3) is 0 Å². The summed E-state index contributed by atoms with van der Waals surface area (Å²) in [5.41, 5.74) is 1.21. The molecule has 0 aromatic heterocycles. The van der Waals surface area contributed by atoms with E-state index in [4.69, 9.17) is 4.74 Å². The minimum absolute atomic E-state index is 0.174. The average molecular weight is 247 g/mol. The minimum atomic E-state index is 0.174. The van der Waals surface area contributed by atoms with Crippen molar-refractivity contribution in [1.82, 2.24) is 10.2 Å². The molecule has 1 aromatic rings. The van der Waals surface area contributed by atoms with Crippen LogP contribution in [0.15, 0.2) is 29.3 Å². The van der Waals surface area contributed by atoms with Crippen LogP contribution in [-0.4, -0.2) is 44.5 Å². The molecular weight excluding hydrogens is 226 g/mol. The highest BCUT2D eigenvalue weighted by atomic mass is 16.5. The molecular formula is C14H21N3O. The van der Waals surface area contributed by atoms with Gasteiger partial charge in [-0.25, -0.2) is 0 Å². The molecule has 4 nitrogen and oxygen atoms in total. The van der Waals surface area contributed by atoms with Crippen molar-refractivity contribution < 1.29 is 4.74 Å². The number of amidine groups is 1. The third kappa shape index (κ3) is 2.82. The van der Waals surface area contributed by atoms with Crippen molar-refractivity contribution in [3.8, 4) is 5.75 Å². The second-order valence-electron chi connectivity index (χ2n) is 4.57. The topological polar surface area (TPSA) is 36.9 Å². The van der Waals surface area contributed by atoms with E-state index >= 15 is 0 Å². The number of ether oxygens (including phenoxy) is 1. The Balaban J connectivity index is 2.27. The first-order valence-corrected chi connectivity index (χ1v) is 6.39. The molecule has 0 saturated heterocycles. The van der Waals surface area contributed by atoms with Crippen LogP contribution < -0.4 is 10.1 Å². The number of hydrogen-bond acceptors (Lipinski definition) is 4. The van der Waals surface area contributed by atoms with Crippen molar-refractivity contribution in [2.24, 2.45) is 4.99 Å². The van der Waals surface area contributed by atoms with Gasteiger partial charge in [-0.15, -0.1) is 0 Å². The molecule has 0 bridgehead atoms. The molecule has 1 atom stereocenters. The van der Waals surface area contributed by atoms with E-state index in [0.717, 1.165) is 24.7 Å². The molecule has 4 heteroatoms. The van der Waals surface area contributed by atoms with Gasteiger partial charge >= 0.3 is 0 Å². The van der Waals surface area contributed by atoms with Crippen molar-refractivity contribution in [2.75, 3.05) is 33.8 Å². The smallest absolute Gasteiger partial charge is 0.119 e. The summed E-state index contributed by atoms with van der Waals surface area (Å²) in [4.78, 5) is 6.70. The Hall–Kier alpha value is -1.55. The van der Waals surface area contributed by atoms with Gasteiger partial charge in [0.15, 0.2) is 0 Å². The van der Waals surface area contributed by atoms with Gasteiger partial charge in [0.25, 0.3) is 0 Å². The Bertz CT molecular complexity index is 429. The van der Waals surface area contributed by atoms with Gasteiger partial charge in [-0.3, -0.25) is 9.89 Å². The third-order valence-electron chi connectivity index (χ3n) is 2.96. The second kappa shape index (κ2) is 5.87. The number of nitrogens with one attached hydrogen (secondary N) is 1. The average Bonchev–Trinajstić information content (AvgIpc) is 2.83. The molecule has 18 heavy (non-hydrogen) atoms. The summed E-state index contributed by atoms with van der Waals surface area (Å²) >= 11 is 0. The summed E-state index contributed by atoms with van der Waals surface area (Å²) in [7, 11) is 4.14. The lowest BCUT2D eigenvalue weighted by atomic mass is 10.0. The Morgan fingerprint density at radius 1 is 1.44 bits per heavy atom. The van der Waals surface area contributed by atoms with Gasteiger partial charge in [-0.1, -0.05) is 12.1 Å². The molecule has 1 aliphatic heterocycles. The van der Waals surface area contributed by atoms with Gasteiger partial charge in [0.05, 0.1) is 19.2 Å². The Morgan fingerprint density at radius 3 is 2.89 bits per heavy atom. The van der Waals surface area contributed by atoms with E-state index in [0.29, 0.717) is 6.61 Å². The van der Waals surface area contributed by atoms with Crippen LogP contribution in [0, 0.1) is 0 Å². The summed E-state index contributed by atoms with van der Waals surface area (Å²) in [6.07, 6.45) is 0. The zero-order valence-corrected chi connectivity index (χ0v) is 11.3. The zero-order chi connectivity index (χ0) is 13.0. The molecule has 0 spiro atoms. The van der Waals surface area contributed by atoms with Crippen LogP contribution in [0.5, 0.6) is 5.75 Å². The van der Waals surface area contributed by atoms with Gasteiger partial charge in [-0.2, -0.15) is 0 Å². The lowest BCUT2D eigenvalue weighted by Crippen LogP contribution is -2.34. The van der Waals surface area contributed by atoms with E-state index in [1.807, 2.05) is 19.1 Å². The van der Waals surface area contributed by atoms with Crippen molar-refractivity contribution in [3.63, 3.8) is 0 Å². The van der Waals surface area contributed by atoms with Crippen molar-refractivity contribution in [1.29, 1.82) is 0 Å². The molecule has 98 valence electrons. The Morgan fingerprint density at radius 2 is 2.28 bits per heavy atom. The maximum atomic E-state index is 5.56. The van der Waals surface area contributed by atoms with E-state index in [1.165, 1.54) is 5.56 Å². The van der Waals surface area contributed by atoms with Crippen LogP contribution in [-0.2, 0) is 0 Å². The molecule has 1 N–H and O–H groups in total. The lowest BCUT2D eigenvalue weighted by Gasteiger charge is -2.25. The first-order valence-electron chi connectivity index (χ1n) is 6.39. The predicted octanol–water partition coefficient (Wildman–Crippen LogP) is 1.69. The normalized spacial score (nSPS) is 16.3. The molecule has 0 aliphatic carbocycles. The summed E-state index contributed by atoms with van der Waals surface area (Å²) in [5, 5.41) is 3.36. The van der Waals surface area contributed by atoms with Crippen LogP contribution >= 0.6 is 0 Å². The van der Waals surface area contributed by atoms with Gasteiger partial charge in [0, 0.05) is 6.54 Å². The van der Waals surface area contributed by atoms with Gasteiger partial charge in [-0.05, 0) is 38.7 Å². The number of hydrogen-bond donors (Lipinski definition) is 1.